The predicted molar refractivity (Wildman–Crippen MR) is 100 cm³/mol. The van der Waals surface area contributed by atoms with Gasteiger partial charge in [0.25, 0.3) is 0 Å². The molecule has 1 saturated heterocycles. The highest BCUT2D eigenvalue weighted by molar-refractivity contribution is 14.1. The Morgan fingerprint density at radius 1 is 1.24 bits per heavy atom. The molecule has 4 rings (SSSR count). The van der Waals surface area contributed by atoms with Crippen molar-refractivity contribution >= 4 is 51.3 Å². The summed E-state index contributed by atoms with van der Waals surface area (Å²) in [5, 5.41) is 9.11. The van der Waals surface area contributed by atoms with Gasteiger partial charge in [-0.15, -0.1) is 0 Å². The van der Waals surface area contributed by atoms with Crippen LogP contribution in [-0.2, 0) is 9.59 Å². The minimum absolute atomic E-state index is 0.0255. The monoisotopic (exact) mass is 448 g/mol. The summed E-state index contributed by atoms with van der Waals surface area (Å²) in [5.41, 5.74) is 2.77. The van der Waals surface area contributed by atoms with Gasteiger partial charge in [0.15, 0.2) is 5.58 Å². The molecular weight excluding hydrogens is 435 g/mol. The van der Waals surface area contributed by atoms with E-state index in [1.165, 1.54) is 4.90 Å². The molecular formula is C18H13IN2O4. The Labute approximate surface area is 156 Å². The van der Waals surface area contributed by atoms with Crippen molar-refractivity contribution in [2.75, 3.05) is 11.4 Å². The highest BCUT2D eigenvalue weighted by Gasteiger charge is 2.35. The number of benzene rings is 2. The highest BCUT2D eigenvalue weighted by atomic mass is 127. The summed E-state index contributed by atoms with van der Waals surface area (Å²) in [4.78, 5) is 29.2. The van der Waals surface area contributed by atoms with E-state index in [0.717, 1.165) is 9.13 Å². The number of carbonyl (C=O) groups is 2. The first kappa shape index (κ1) is 16.1. The van der Waals surface area contributed by atoms with Crippen molar-refractivity contribution in [1.29, 1.82) is 0 Å². The maximum atomic E-state index is 12.1. The van der Waals surface area contributed by atoms with Crippen molar-refractivity contribution in [3.05, 3.63) is 46.0 Å². The summed E-state index contributed by atoms with van der Waals surface area (Å²) in [6, 6.07) is 13.1. The molecule has 25 heavy (non-hydrogen) atoms. The standard InChI is InChI=1S/C18H13IN2O4/c19-12-3-1-10(2-4-12)17-20-14-6-5-13(8-15(14)25-17)21-9-11(18(23)24)7-16(21)22/h1-6,8,11H,7,9H2,(H,23,24). The molecule has 126 valence electrons. The Hall–Kier alpha value is -2.42. The van der Waals surface area contributed by atoms with Gasteiger partial charge in [-0.2, -0.15) is 0 Å². The molecule has 3 aromatic rings. The molecule has 2 heterocycles. The van der Waals surface area contributed by atoms with Crippen LogP contribution in [0.15, 0.2) is 46.9 Å². The number of rotatable bonds is 3. The van der Waals surface area contributed by atoms with Crippen LogP contribution in [-0.4, -0.2) is 28.5 Å². The van der Waals surface area contributed by atoms with Gasteiger partial charge >= 0.3 is 5.97 Å². The van der Waals surface area contributed by atoms with E-state index in [2.05, 4.69) is 27.6 Å². The van der Waals surface area contributed by atoms with Crippen molar-refractivity contribution in [3.8, 4) is 11.5 Å². The molecule has 1 aliphatic rings. The van der Waals surface area contributed by atoms with Gasteiger partial charge < -0.3 is 14.4 Å². The summed E-state index contributed by atoms with van der Waals surface area (Å²) >= 11 is 2.23. The number of carboxylic acids is 1. The maximum absolute atomic E-state index is 12.1. The molecule has 1 fully saturated rings. The number of oxazole rings is 1. The minimum atomic E-state index is -0.947. The van der Waals surface area contributed by atoms with Crippen LogP contribution in [0.1, 0.15) is 6.42 Å². The molecule has 2 aromatic carbocycles. The van der Waals surface area contributed by atoms with E-state index in [4.69, 9.17) is 9.52 Å². The van der Waals surface area contributed by atoms with Crippen LogP contribution in [0.25, 0.3) is 22.6 Å². The summed E-state index contributed by atoms with van der Waals surface area (Å²) < 4.78 is 6.96. The molecule has 0 radical (unpaired) electrons. The van der Waals surface area contributed by atoms with Crippen LogP contribution in [0.4, 0.5) is 5.69 Å². The molecule has 7 heteroatoms. The van der Waals surface area contributed by atoms with E-state index in [0.29, 0.717) is 22.7 Å². The zero-order valence-corrected chi connectivity index (χ0v) is 15.1. The van der Waals surface area contributed by atoms with E-state index >= 15 is 0 Å². The van der Waals surface area contributed by atoms with Crippen molar-refractivity contribution in [3.63, 3.8) is 0 Å². The van der Waals surface area contributed by atoms with Crippen molar-refractivity contribution in [2.24, 2.45) is 5.92 Å². The number of aromatic nitrogens is 1. The van der Waals surface area contributed by atoms with E-state index in [1.807, 2.05) is 24.3 Å². The second kappa shape index (κ2) is 6.14. The summed E-state index contributed by atoms with van der Waals surface area (Å²) in [6.07, 6.45) is 0.0255. The molecule has 1 N–H and O–H groups in total. The van der Waals surface area contributed by atoms with Crippen LogP contribution in [0.2, 0.25) is 0 Å². The third-order valence-electron chi connectivity index (χ3n) is 4.25. The van der Waals surface area contributed by atoms with Crippen molar-refractivity contribution in [2.45, 2.75) is 6.42 Å². The zero-order chi connectivity index (χ0) is 17.6. The van der Waals surface area contributed by atoms with Gasteiger partial charge in [0, 0.05) is 33.9 Å². The molecule has 1 unspecified atom stereocenters. The molecule has 0 saturated carbocycles. The van der Waals surface area contributed by atoms with Crippen LogP contribution in [0, 0.1) is 9.49 Å². The Balaban J connectivity index is 1.68. The Morgan fingerprint density at radius 2 is 2.00 bits per heavy atom. The maximum Gasteiger partial charge on any atom is 0.308 e. The fourth-order valence-corrected chi connectivity index (χ4v) is 3.28. The van der Waals surface area contributed by atoms with Crippen molar-refractivity contribution < 1.29 is 19.1 Å². The van der Waals surface area contributed by atoms with Crippen LogP contribution in [0.3, 0.4) is 0 Å². The largest absolute Gasteiger partial charge is 0.481 e. The first-order valence-corrected chi connectivity index (χ1v) is 8.79. The lowest BCUT2D eigenvalue weighted by atomic mass is 10.1. The number of halogens is 1. The van der Waals surface area contributed by atoms with E-state index < -0.39 is 11.9 Å². The number of anilines is 1. The molecule has 1 atom stereocenters. The van der Waals surface area contributed by atoms with Crippen LogP contribution < -0.4 is 4.90 Å². The van der Waals surface area contributed by atoms with Gasteiger partial charge in [0.05, 0.1) is 5.92 Å². The number of carbonyl (C=O) groups excluding carboxylic acids is 1. The highest BCUT2D eigenvalue weighted by Crippen LogP contribution is 2.31. The molecule has 0 aliphatic carbocycles. The zero-order valence-electron chi connectivity index (χ0n) is 13.0. The Bertz CT molecular complexity index is 980. The van der Waals surface area contributed by atoms with Gasteiger partial charge in [-0.1, -0.05) is 0 Å². The van der Waals surface area contributed by atoms with E-state index in [-0.39, 0.29) is 18.9 Å². The third-order valence-corrected chi connectivity index (χ3v) is 4.97. The predicted octanol–water partition coefficient (Wildman–Crippen LogP) is 3.54. The summed E-state index contributed by atoms with van der Waals surface area (Å²) in [7, 11) is 0. The fraction of sp³-hybridized carbons (Fsp3) is 0.167. The number of nitrogens with zero attached hydrogens (tertiary/aromatic N) is 2. The lowest BCUT2D eigenvalue weighted by molar-refractivity contribution is -0.141. The SMILES string of the molecule is O=C(O)C1CC(=O)N(c2ccc3nc(-c4ccc(I)cc4)oc3c2)C1. The van der Waals surface area contributed by atoms with Crippen molar-refractivity contribution in [1.82, 2.24) is 4.98 Å². The number of fused-ring (bicyclic) bond motifs is 1. The topological polar surface area (TPSA) is 83.6 Å². The van der Waals surface area contributed by atoms with Gasteiger partial charge in [-0.05, 0) is 59.0 Å². The summed E-state index contributed by atoms with van der Waals surface area (Å²) in [5.74, 6) is -1.29. The lowest BCUT2D eigenvalue weighted by Crippen LogP contribution is -2.25. The number of carboxylic acid groups (broad SMARTS) is 1. The van der Waals surface area contributed by atoms with Gasteiger partial charge in [-0.3, -0.25) is 9.59 Å². The molecule has 0 bridgehead atoms. The molecule has 0 spiro atoms. The quantitative estimate of drug-likeness (QED) is 0.620. The second-order valence-corrected chi connectivity index (χ2v) is 7.17. The number of amides is 1. The number of aliphatic carboxylic acids is 1. The average molecular weight is 448 g/mol. The first-order chi connectivity index (χ1) is 12.0. The van der Waals surface area contributed by atoms with E-state index in [1.54, 1.807) is 18.2 Å². The van der Waals surface area contributed by atoms with Gasteiger partial charge in [0.1, 0.15) is 5.52 Å². The van der Waals surface area contributed by atoms with Crippen LogP contribution in [0.5, 0.6) is 0 Å². The summed E-state index contributed by atoms with van der Waals surface area (Å²) in [6.45, 7) is 0.178. The Morgan fingerprint density at radius 3 is 2.68 bits per heavy atom. The molecule has 6 nitrogen and oxygen atoms in total. The molecule has 1 aliphatic heterocycles. The smallest absolute Gasteiger partial charge is 0.308 e. The van der Waals surface area contributed by atoms with Gasteiger partial charge in [0.2, 0.25) is 11.8 Å². The average Bonchev–Trinajstić information content (AvgIpc) is 3.18. The van der Waals surface area contributed by atoms with E-state index in [9.17, 15) is 9.59 Å². The molecule has 1 amide bonds. The third kappa shape index (κ3) is 2.99. The Kier molecular flexibility index (Phi) is 3.95. The minimum Gasteiger partial charge on any atom is -0.481 e. The van der Waals surface area contributed by atoms with Crippen LogP contribution >= 0.6 is 22.6 Å². The van der Waals surface area contributed by atoms with Gasteiger partial charge in [-0.25, -0.2) is 4.98 Å². The fourth-order valence-electron chi connectivity index (χ4n) is 2.92. The lowest BCUT2D eigenvalue weighted by Gasteiger charge is -2.15. The number of hydrogen-bond donors (Lipinski definition) is 1. The normalized spacial score (nSPS) is 17.4. The number of hydrogen-bond acceptors (Lipinski definition) is 4. The first-order valence-electron chi connectivity index (χ1n) is 7.71. The second-order valence-electron chi connectivity index (χ2n) is 5.92. The molecule has 1 aromatic heterocycles.